The van der Waals surface area contributed by atoms with Gasteiger partial charge in [0.2, 0.25) is 0 Å². The molecule has 1 aromatic heterocycles. The lowest BCUT2D eigenvalue weighted by Crippen LogP contribution is -2.29. The fraction of sp³-hybridized carbons (Fsp3) is 0.400. The highest BCUT2D eigenvalue weighted by molar-refractivity contribution is 5.95. The van der Waals surface area contributed by atoms with Crippen molar-refractivity contribution < 1.29 is 23.8 Å². The Labute approximate surface area is 180 Å². The van der Waals surface area contributed by atoms with E-state index in [4.69, 9.17) is 14.2 Å². The van der Waals surface area contributed by atoms with Crippen LogP contribution in [0, 0.1) is 5.92 Å². The van der Waals surface area contributed by atoms with Crippen LogP contribution in [0.2, 0.25) is 0 Å². The number of esters is 2. The lowest BCUT2D eigenvalue weighted by molar-refractivity contribution is -0.140. The predicted molar refractivity (Wildman–Crippen MR) is 114 cm³/mol. The van der Waals surface area contributed by atoms with Crippen molar-refractivity contribution >= 4 is 22.7 Å². The third-order valence-electron chi connectivity index (χ3n) is 6.70. The summed E-state index contributed by atoms with van der Waals surface area (Å²) in [5.74, 6) is -0.739. The van der Waals surface area contributed by atoms with Gasteiger partial charge in [-0.25, -0.2) is 9.59 Å². The van der Waals surface area contributed by atoms with Crippen LogP contribution in [-0.2, 0) is 19.0 Å². The van der Waals surface area contributed by atoms with Gasteiger partial charge in [-0.15, -0.1) is 0 Å². The number of carbonyl (C=O) groups is 2. The van der Waals surface area contributed by atoms with Crippen molar-refractivity contribution in [3.63, 3.8) is 0 Å². The summed E-state index contributed by atoms with van der Waals surface area (Å²) >= 11 is 0. The second-order valence-electron chi connectivity index (χ2n) is 8.81. The number of rotatable bonds is 3. The van der Waals surface area contributed by atoms with E-state index in [1.807, 2.05) is 18.2 Å². The van der Waals surface area contributed by atoms with Gasteiger partial charge < -0.3 is 14.2 Å². The Balaban J connectivity index is 1.28. The van der Waals surface area contributed by atoms with Crippen LogP contribution >= 0.6 is 0 Å². The number of hydrogen-bond acceptors (Lipinski definition) is 6. The van der Waals surface area contributed by atoms with Crippen LogP contribution in [0.1, 0.15) is 43.0 Å². The van der Waals surface area contributed by atoms with E-state index < -0.39 is 0 Å². The van der Waals surface area contributed by atoms with Gasteiger partial charge in [-0.2, -0.15) is 0 Å². The van der Waals surface area contributed by atoms with Crippen LogP contribution in [-0.4, -0.2) is 41.3 Å². The molecular weight excluding hydrogens is 394 g/mol. The molecule has 3 heterocycles. The Morgan fingerprint density at radius 1 is 1.32 bits per heavy atom. The molecule has 0 N–H and O–H groups in total. The van der Waals surface area contributed by atoms with Crippen LogP contribution in [0.3, 0.4) is 0 Å². The fourth-order valence-corrected chi connectivity index (χ4v) is 4.70. The van der Waals surface area contributed by atoms with Crippen molar-refractivity contribution in [2.45, 2.75) is 50.4 Å². The van der Waals surface area contributed by atoms with E-state index in [2.05, 4.69) is 24.6 Å². The Kier molecular flexibility index (Phi) is 4.89. The van der Waals surface area contributed by atoms with E-state index >= 15 is 0 Å². The van der Waals surface area contributed by atoms with Gasteiger partial charge in [-0.3, -0.25) is 4.98 Å². The average Bonchev–Trinajstić information content (AvgIpc) is 3.37. The molecular formula is C25H25NO5. The first-order valence-electron chi connectivity index (χ1n) is 10.7. The van der Waals surface area contributed by atoms with E-state index in [-0.39, 0.29) is 42.3 Å². The van der Waals surface area contributed by atoms with E-state index in [0.29, 0.717) is 11.1 Å². The van der Waals surface area contributed by atoms with E-state index in [1.54, 1.807) is 18.5 Å². The number of fused-ring (bicyclic) bond motifs is 4. The Morgan fingerprint density at radius 2 is 2.19 bits per heavy atom. The molecule has 0 radical (unpaired) electrons. The number of aromatic nitrogens is 1. The number of benzene rings is 1. The van der Waals surface area contributed by atoms with Crippen molar-refractivity contribution in [1.29, 1.82) is 0 Å². The molecule has 2 aromatic rings. The largest absolute Gasteiger partial charge is 0.458 e. The monoisotopic (exact) mass is 419 g/mol. The molecule has 0 spiro atoms. The number of ether oxygens (including phenoxy) is 3. The molecule has 0 amide bonds. The molecule has 6 heteroatoms. The number of nitrogens with zero attached hydrogens (tertiary/aromatic N) is 1. The molecule has 2 aliphatic heterocycles. The number of pyridine rings is 1. The second-order valence-corrected chi connectivity index (χ2v) is 8.81. The van der Waals surface area contributed by atoms with Gasteiger partial charge in [0, 0.05) is 29.3 Å². The van der Waals surface area contributed by atoms with Gasteiger partial charge in [0.1, 0.15) is 18.8 Å². The minimum absolute atomic E-state index is 0.0587. The zero-order valence-electron chi connectivity index (χ0n) is 17.5. The van der Waals surface area contributed by atoms with Gasteiger partial charge in [0.25, 0.3) is 0 Å². The highest BCUT2D eigenvalue weighted by Gasteiger charge is 2.61. The second kappa shape index (κ2) is 7.61. The topological polar surface area (TPSA) is 78.0 Å². The summed E-state index contributed by atoms with van der Waals surface area (Å²) in [7, 11) is 0. The van der Waals surface area contributed by atoms with Gasteiger partial charge in [0.15, 0.2) is 0 Å². The summed E-state index contributed by atoms with van der Waals surface area (Å²) in [5.41, 5.74) is 1.81. The maximum Gasteiger partial charge on any atom is 0.338 e. The normalized spacial score (nSPS) is 30.1. The standard InChI is InChI=1S/C25H25NO5/c1-15-20-8-5-16(4-3-10-25(2)22(31-25)21(20)30-23(15)27)14-29-24(28)18-6-7-19-13-26-11-9-17(19)12-18/h4,6-7,9,11-13,20-22H,1,3,5,8,10,14H2,2H3/t20-,21-,22-,25+/m0/s1. The number of carbonyl (C=O) groups excluding carboxylic acids is 2. The van der Waals surface area contributed by atoms with Crippen LogP contribution < -0.4 is 0 Å². The molecule has 3 aliphatic rings. The molecule has 4 atom stereocenters. The van der Waals surface area contributed by atoms with Crippen molar-refractivity contribution in [2.24, 2.45) is 5.92 Å². The van der Waals surface area contributed by atoms with Gasteiger partial charge >= 0.3 is 11.9 Å². The molecule has 5 rings (SSSR count). The first kappa shape index (κ1) is 19.9. The molecule has 0 saturated carbocycles. The van der Waals surface area contributed by atoms with Crippen molar-refractivity contribution in [2.75, 3.05) is 6.61 Å². The third-order valence-corrected chi connectivity index (χ3v) is 6.70. The molecule has 0 bridgehead atoms. The number of allylic oxidation sites excluding steroid dienone is 1. The van der Waals surface area contributed by atoms with E-state index in [9.17, 15) is 9.59 Å². The Morgan fingerprint density at radius 3 is 3.06 bits per heavy atom. The summed E-state index contributed by atoms with van der Waals surface area (Å²) < 4.78 is 17.2. The Hall–Kier alpha value is -2.99. The van der Waals surface area contributed by atoms with Gasteiger partial charge in [-0.1, -0.05) is 18.7 Å². The van der Waals surface area contributed by atoms with Crippen molar-refractivity contribution in [3.05, 3.63) is 66.0 Å². The maximum atomic E-state index is 12.6. The smallest absolute Gasteiger partial charge is 0.338 e. The maximum absolute atomic E-state index is 12.6. The fourth-order valence-electron chi connectivity index (χ4n) is 4.70. The summed E-state index contributed by atoms with van der Waals surface area (Å²) in [5, 5.41) is 1.93. The van der Waals surface area contributed by atoms with E-state index in [0.717, 1.165) is 42.0 Å². The lowest BCUT2D eigenvalue weighted by Gasteiger charge is -2.20. The SMILES string of the molecule is C=C1C(=O)O[C@H]2[C@H]1CCC(COC(=O)c1ccc3cnccc3c1)=CCC[C@@]1(C)O[C@@H]21. The lowest BCUT2D eigenvalue weighted by atomic mass is 9.84. The zero-order valence-corrected chi connectivity index (χ0v) is 17.5. The highest BCUT2D eigenvalue weighted by Crippen LogP contribution is 2.49. The first-order chi connectivity index (χ1) is 14.9. The molecule has 2 saturated heterocycles. The molecule has 1 aromatic carbocycles. The summed E-state index contributed by atoms with van der Waals surface area (Å²) in [6.45, 7) is 6.24. The molecule has 2 fully saturated rings. The Bertz CT molecular complexity index is 1110. The minimum atomic E-state index is -0.351. The highest BCUT2D eigenvalue weighted by atomic mass is 16.6. The first-order valence-corrected chi connectivity index (χ1v) is 10.7. The van der Waals surface area contributed by atoms with Gasteiger partial charge in [-0.05, 0) is 61.8 Å². The zero-order chi connectivity index (χ0) is 21.6. The minimum Gasteiger partial charge on any atom is -0.458 e. The van der Waals surface area contributed by atoms with Crippen molar-refractivity contribution in [1.82, 2.24) is 4.98 Å². The molecule has 0 unspecified atom stereocenters. The molecule has 6 nitrogen and oxygen atoms in total. The van der Waals surface area contributed by atoms with Gasteiger partial charge in [0.05, 0.1) is 11.2 Å². The van der Waals surface area contributed by atoms with Crippen molar-refractivity contribution in [3.8, 4) is 0 Å². The average molecular weight is 419 g/mol. The van der Waals surface area contributed by atoms with Crippen LogP contribution in [0.5, 0.6) is 0 Å². The quantitative estimate of drug-likeness (QED) is 0.322. The molecule has 31 heavy (non-hydrogen) atoms. The summed E-state index contributed by atoms with van der Waals surface area (Å²) in [6.07, 6.45) is 8.39. The van der Waals surface area contributed by atoms with Crippen LogP contribution in [0.25, 0.3) is 10.8 Å². The van der Waals surface area contributed by atoms with Crippen LogP contribution in [0.15, 0.2) is 60.5 Å². The van der Waals surface area contributed by atoms with E-state index in [1.165, 1.54) is 0 Å². The van der Waals surface area contributed by atoms with Crippen LogP contribution in [0.4, 0.5) is 0 Å². The third kappa shape index (κ3) is 3.76. The predicted octanol–water partition coefficient (Wildman–Crippen LogP) is 4.15. The molecule has 160 valence electrons. The molecule has 1 aliphatic carbocycles. The number of epoxide rings is 1. The summed E-state index contributed by atoms with van der Waals surface area (Å²) in [4.78, 5) is 28.8. The summed E-state index contributed by atoms with van der Waals surface area (Å²) in [6, 6.07) is 7.33. The number of hydrogen-bond donors (Lipinski definition) is 0.